The van der Waals surface area contributed by atoms with Gasteiger partial charge < -0.3 is 5.32 Å². The molecule has 28 heavy (non-hydrogen) atoms. The molecule has 0 fully saturated rings. The van der Waals surface area contributed by atoms with Gasteiger partial charge in [-0.15, -0.1) is 11.3 Å². The maximum atomic E-state index is 12.9. The minimum atomic E-state index is -4.44. The van der Waals surface area contributed by atoms with Gasteiger partial charge in [0.25, 0.3) is 5.91 Å². The van der Waals surface area contributed by atoms with Crippen molar-refractivity contribution in [3.05, 3.63) is 59.1 Å². The van der Waals surface area contributed by atoms with E-state index in [1.165, 1.54) is 29.9 Å². The number of aromatic nitrogens is 3. The van der Waals surface area contributed by atoms with E-state index < -0.39 is 17.6 Å². The summed E-state index contributed by atoms with van der Waals surface area (Å²) < 4.78 is 38.6. The molecule has 3 aromatic rings. The fraction of sp³-hybridized carbons (Fsp3) is 0.263. The minimum absolute atomic E-state index is 0.109. The van der Waals surface area contributed by atoms with Gasteiger partial charge in [0.05, 0.1) is 23.6 Å². The molecule has 0 aliphatic carbocycles. The van der Waals surface area contributed by atoms with Crippen LogP contribution in [0.4, 0.5) is 18.9 Å². The zero-order valence-corrected chi connectivity index (χ0v) is 16.1. The third-order valence-corrected chi connectivity index (χ3v) is 4.65. The van der Waals surface area contributed by atoms with Gasteiger partial charge >= 0.3 is 6.18 Å². The SMILES string of the molecule is CC(C)(C)c1ncc(NC(=O)c2csc(-c3cccc(C(F)(F)F)c3)n2)cn1. The van der Waals surface area contributed by atoms with Crippen LogP contribution >= 0.6 is 11.3 Å². The molecule has 0 aliphatic heterocycles. The summed E-state index contributed by atoms with van der Waals surface area (Å²) in [5.74, 6) is 0.160. The van der Waals surface area contributed by atoms with E-state index in [1.807, 2.05) is 20.8 Å². The third-order valence-electron chi connectivity index (χ3n) is 3.75. The van der Waals surface area contributed by atoms with Crippen LogP contribution < -0.4 is 5.32 Å². The number of nitrogens with one attached hydrogen (secondary N) is 1. The molecule has 1 N–H and O–H groups in total. The standard InChI is InChI=1S/C19H17F3N4OS/c1-18(2,3)17-23-8-13(9-24-17)25-15(27)14-10-28-16(26-14)11-5-4-6-12(7-11)19(20,21)22/h4-10H,1-3H3,(H,25,27). The highest BCUT2D eigenvalue weighted by Crippen LogP contribution is 2.33. The lowest BCUT2D eigenvalue weighted by Crippen LogP contribution is -2.17. The van der Waals surface area contributed by atoms with E-state index in [9.17, 15) is 18.0 Å². The van der Waals surface area contributed by atoms with Crippen LogP contribution in [-0.4, -0.2) is 20.9 Å². The number of thiazole rings is 1. The number of hydrogen-bond acceptors (Lipinski definition) is 5. The molecule has 0 atom stereocenters. The van der Waals surface area contributed by atoms with Crippen LogP contribution in [-0.2, 0) is 11.6 Å². The summed E-state index contributed by atoms with van der Waals surface area (Å²) >= 11 is 1.10. The Labute approximate surface area is 163 Å². The van der Waals surface area contributed by atoms with Gasteiger partial charge in [0.1, 0.15) is 16.5 Å². The van der Waals surface area contributed by atoms with Crippen LogP contribution in [0.5, 0.6) is 0 Å². The van der Waals surface area contributed by atoms with E-state index >= 15 is 0 Å². The normalized spacial score (nSPS) is 12.1. The summed E-state index contributed by atoms with van der Waals surface area (Å²) in [4.78, 5) is 25.0. The number of hydrogen-bond donors (Lipinski definition) is 1. The van der Waals surface area contributed by atoms with Gasteiger partial charge in [-0.3, -0.25) is 4.79 Å². The van der Waals surface area contributed by atoms with Crippen molar-refractivity contribution < 1.29 is 18.0 Å². The number of anilines is 1. The average Bonchev–Trinajstić information content (AvgIpc) is 3.11. The molecule has 2 aromatic heterocycles. The Morgan fingerprint density at radius 2 is 1.79 bits per heavy atom. The smallest absolute Gasteiger partial charge is 0.318 e. The average molecular weight is 406 g/mol. The molecule has 9 heteroatoms. The number of amides is 1. The second kappa shape index (κ2) is 7.31. The van der Waals surface area contributed by atoms with Crippen molar-refractivity contribution in [3.8, 4) is 10.6 Å². The quantitative estimate of drug-likeness (QED) is 0.652. The molecule has 0 bridgehead atoms. The van der Waals surface area contributed by atoms with Gasteiger partial charge in [0, 0.05) is 16.4 Å². The second-order valence-corrected chi connectivity index (χ2v) is 7.97. The lowest BCUT2D eigenvalue weighted by molar-refractivity contribution is -0.137. The van der Waals surface area contributed by atoms with Crippen molar-refractivity contribution in [1.82, 2.24) is 15.0 Å². The molecule has 0 spiro atoms. The summed E-state index contributed by atoms with van der Waals surface area (Å²) in [6, 6.07) is 4.84. The fourth-order valence-corrected chi connectivity index (χ4v) is 3.11. The zero-order valence-electron chi connectivity index (χ0n) is 15.3. The van der Waals surface area contributed by atoms with Crippen molar-refractivity contribution in [2.24, 2.45) is 0 Å². The number of halogens is 3. The van der Waals surface area contributed by atoms with Crippen molar-refractivity contribution in [1.29, 1.82) is 0 Å². The first-order valence-corrected chi connectivity index (χ1v) is 9.19. The molecule has 5 nitrogen and oxygen atoms in total. The minimum Gasteiger partial charge on any atom is -0.318 e. The van der Waals surface area contributed by atoms with Gasteiger partial charge in [-0.25, -0.2) is 15.0 Å². The fourth-order valence-electron chi connectivity index (χ4n) is 2.31. The lowest BCUT2D eigenvalue weighted by atomic mass is 9.96. The van der Waals surface area contributed by atoms with E-state index in [4.69, 9.17) is 0 Å². The Morgan fingerprint density at radius 3 is 2.39 bits per heavy atom. The first-order chi connectivity index (χ1) is 13.0. The lowest BCUT2D eigenvalue weighted by Gasteiger charge is -2.16. The van der Waals surface area contributed by atoms with E-state index in [2.05, 4.69) is 20.3 Å². The first-order valence-electron chi connectivity index (χ1n) is 8.31. The Bertz CT molecular complexity index is 991. The van der Waals surface area contributed by atoms with Crippen molar-refractivity contribution in [2.45, 2.75) is 32.4 Å². The van der Waals surface area contributed by atoms with E-state index in [0.717, 1.165) is 23.5 Å². The number of benzene rings is 1. The molecule has 0 saturated heterocycles. The van der Waals surface area contributed by atoms with Gasteiger partial charge in [0.15, 0.2) is 0 Å². The van der Waals surface area contributed by atoms with Gasteiger partial charge in [-0.1, -0.05) is 32.9 Å². The van der Waals surface area contributed by atoms with Gasteiger partial charge in [0.2, 0.25) is 0 Å². The van der Waals surface area contributed by atoms with Gasteiger partial charge in [-0.2, -0.15) is 13.2 Å². The predicted octanol–water partition coefficient (Wildman–Crippen LogP) is 5.17. The molecule has 0 radical (unpaired) electrons. The van der Waals surface area contributed by atoms with Crippen LogP contribution in [0.1, 0.15) is 42.6 Å². The van der Waals surface area contributed by atoms with Crippen molar-refractivity contribution >= 4 is 22.9 Å². The largest absolute Gasteiger partial charge is 0.416 e. The number of nitrogens with zero attached hydrogens (tertiary/aromatic N) is 3. The molecule has 0 aliphatic rings. The van der Waals surface area contributed by atoms with Crippen LogP contribution in [0.25, 0.3) is 10.6 Å². The Kier molecular flexibility index (Phi) is 5.20. The zero-order chi connectivity index (χ0) is 20.5. The third kappa shape index (κ3) is 4.53. The highest BCUT2D eigenvalue weighted by atomic mass is 32.1. The summed E-state index contributed by atoms with van der Waals surface area (Å²) in [7, 11) is 0. The van der Waals surface area contributed by atoms with Crippen LogP contribution in [0.2, 0.25) is 0 Å². The van der Waals surface area contributed by atoms with Crippen LogP contribution in [0.15, 0.2) is 42.0 Å². The molecular weight excluding hydrogens is 389 g/mol. The molecule has 146 valence electrons. The number of rotatable bonds is 3. The molecule has 1 aromatic carbocycles. The summed E-state index contributed by atoms with van der Waals surface area (Å²) in [6.07, 6.45) is -1.43. The molecule has 3 rings (SSSR count). The van der Waals surface area contributed by atoms with Crippen LogP contribution in [0, 0.1) is 0 Å². The van der Waals surface area contributed by atoms with E-state index in [1.54, 1.807) is 0 Å². The topological polar surface area (TPSA) is 67.8 Å². The maximum absolute atomic E-state index is 12.9. The van der Waals surface area contributed by atoms with E-state index in [0.29, 0.717) is 22.1 Å². The number of carbonyl (C=O) groups is 1. The number of alkyl halides is 3. The molecular formula is C19H17F3N4OS. The molecule has 0 saturated carbocycles. The maximum Gasteiger partial charge on any atom is 0.416 e. The Morgan fingerprint density at radius 1 is 1.11 bits per heavy atom. The summed E-state index contributed by atoms with van der Waals surface area (Å²) in [5.41, 5.74) is -0.153. The summed E-state index contributed by atoms with van der Waals surface area (Å²) in [6.45, 7) is 5.93. The molecule has 2 heterocycles. The Hall–Kier alpha value is -2.81. The number of carbonyl (C=O) groups excluding carboxylic acids is 1. The van der Waals surface area contributed by atoms with Crippen molar-refractivity contribution in [3.63, 3.8) is 0 Å². The first kappa shape index (κ1) is 19.9. The summed E-state index contributed by atoms with van der Waals surface area (Å²) in [5, 5.41) is 4.46. The molecule has 1 amide bonds. The second-order valence-electron chi connectivity index (χ2n) is 7.12. The monoisotopic (exact) mass is 406 g/mol. The highest BCUT2D eigenvalue weighted by molar-refractivity contribution is 7.13. The Balaban J connectivity index is 1.76. The van der Waals surface area contributed by atoms with Crippen LogP contribution in [0.3, 0.4) is 0 Å². The van der Waals surface area contributed by atoms with Crippen molar-refractivity contribution in [2.75, 3.05) is 5.32 Å². The predicted molar refractivity (Wildman–Crippen MR) is 101 cm³/mol. The van der Waals surface area contributed by atoms with Gasteiger partial charge in [-0.05, 0) is 12.1 Å². The van der Waals surface area contributed by atoms with E-state index in [-0.39, 0.29) is 11.1 Å². The molecule has 0 unspecified atom stereocenters. The highest BCUT2D eigenvalue weighted by Gasteiger charge is 2.30.